The average Bonchev–Trinajstić information content (AvgIpc) is 2.87. The van der Waals surface area contributed by atoms with E-state index in [9.17, 15) is 9.90 Å². The first-order valence-electron chi connectivity index (χ1n) is 5.09. The van der Waals surface area contributed by atoms with Crippen molar-refractivity contribution < 1.29 is 19.2 Å². The maximum atomic E-state index is 11.4. The van der Waals surface area contributed by atoms with Gasteiger partial charge >= 0.3 is 5.97 Å². The first kappa shape index (κ1) is 12.8. The molecule has 1 aromatic carbocycles. The van der Waals surface area contributed by atoms with Gasteiger partial charge in [0, 0.05) is 4.47 Å². The Morgan fingerprint density at radius 3 is 2.72 bits per heavy atom. The number of nitrogens with zero attached hydrogens (tertiary/aromatic N) is 1. The summed E-state index contributed by atoms with van der Waals surface area (Å²) < 4.78 is 10.2. The van der Waals surface area contributed by atoms with Crippen LogP contribution in [0.5, 0.6) is 0 Å². The number of hydrogen-bond donors (Lipinski definition) is 1. The van der Waals surface area contributed by atoms with Gasteiger partial charge in [0.2, 0.25) is 0 Å². The molecule has 0 fully saturated rings. The number of aliphatic hydroxyl groups is 1. The summed E-state index contributed by atoms with van der Waals surface area (Å²) in [5.41, 5.74) is 0.870. The molecule has 0 aliphatic heterocycles. The first-order valence-corrected chi connectivity index (χ1v) is 5.89. The van der Waals surface area contributed by atoms with Gasteiger partial charge < -0.3 is 14.4 Å². The summed E-state index contributed by atoms with van der Waals surface area (Å²) in [5, 5.41) is 13.8. The van der Waals surface area contributed by atoms with E-state index in [-0.39, 0.29) is 11.3 Å². The van der Waals surface area contributed by atoms with Crippen LogP contribution in [0.3, 0.4) is 0 Å². The van der Waals surface area contributed by atoms with E-state index < -0.39 is 12.1 Å². The Kier molecular flexibility index (Phi) is 3.78. The van der Waals surface area contributed by atoms with Gasteiger partial charge in [-0.2, -0.15) is 0 Å². The van der Waals surface area contributed by atoms with Crippen LogP contribution in [0.1, 0.15) is 27.7 Å². The summed E-state index contributed by atoms with van der Waals surface area (Å²) in [5.74, 6) is -0.595. The summed E-state index contributed by atoms with van der Waals surface area (Å²) in [7, 11) is 1.26. The number of halogens is 1. The van der Waals surface area contributed by atoms with Gasteiger partial charge in [-0.3, -0.25) is 0 Å². The van der Waals surface area contributed by atoms with E-state index >= 15 is 0 Å². The molecule has 2 rings (SSSR count). The van der Waals surface area contributed by atoms with Crippen LogP contribution in [0.15, 0.2) is 39.5 Å². The lowest BCUT2D eigenvalue weighted by atomic mass is 10.0. The molecule has 2 aromatic rings. The van der Waals surface area contributed by atoms with Crippen LogP contribution >= 0.6 is 15.9 Å². The monoisotopic (exact) mass is 311 g/mol. The zero-order chi connectivity index (χ0) is 13.1. The number of carbonyl (C=O) groups is 1. The summed E-state index contributed by atoms with van der Waals surface area (Å²) >= 11 is 3.30. The van der Waals surface area contributed by atoms with Gasteiger partial charge in [-0.25, -0.2) is 4.79 Å². The number of carbonyl (C=O) groups excluding carboxylic acids is 1. The molecule has 1 atom stereocenters. The molecule has 0 radical (unpaired) electrons. The van der Waals surface area contributed by atoms with Crippen LogP contribution in [0.25, 0.3) is 0 Å². The second-order valence-corrected chi connectivity index (χ2v) is 4.47. The minimum absolute atomic E-state index is 0.118. The van der Waals surface area contributed by atoms with E-state index in [0.29, 0.717) is 5.56 Å². The number of esters is 1. The molecular weight excluding hydrogens is 302 g/mol. The van der Waals surface area contributed by atoms with Gasteiger partial charge in [-0.15, -0.1) is 0 Å². The van der Waals surface area contributed by atoms with Crippen LogP contribution < -0.4 is 0 Å². The van der Waals surface area contributed by atoms with E-state index in [4.69, 9.17) is 4.52 Å². The van der Waals surface area contributed by atoms with Gasteiger partial charge in [0.05, 0.1) is 7.11 Å². The minimum Gasteiger partial charge on any atom is -0.465 e. The fourth-order valence-electron chi connectivity index (χ4n) is 1.51. The summed E-state index contributed by atoms with van der Waals surface area (Å²) in [6.07, 6.45) is 0.120. The molecule has 18 heavy (non-hydrogen) atoms. The third-order valence-electron chi connectivity index (χ3n) is 2.45. The Labute approximate surface area is 111 Å². The maximum Gasteiger partial charge on any atom is 0.343 e. The molecule has 0 spiro atoms. The zero-order valence-electron chi connectivity index (χ0n) is 9.46. The number of aliphatic hydroxyl groups excluding tert-OH is 1. The van der Waals surface area contributed by atoms with E-state index in [1.165, 1.54) is 7.11 Å². The Hall–Kier alpha value is -1.66. The summed E-state index contributed by atoms with van der Waals surface area (Å²) in [6, 6.07) is 7.03. The Balaban J connectivity index is 2.34. The first-order chi connectivity index (χ1) is 8.63. The highest BCUT2D eigenvalue weighted by Gasteiger charge is 2.23. The van der Waals surface area contributed by atoms with Crippen LogP contribution in [-0.4, -0.2) is 23.3 Å². The third kappa shape index (κ3) is 2.44. The molecule has 0 amide bonds. The van der Waals surface area contributed by atoms with Crippen LogP contribution in [0.2, 0.25) is 0 Å². The zero-order valence-corrected chi connectivity index (χ0v) is 11.0. The number of aromatic nitrogens is 1. The maximum absolute atomic E-state index is 11.4. The molecule has 5 nitrogen and oxygen atoms in total. The van der Waals surface area contributed by atoms with E-state index in [1.807, 2.05) is 0 Å². The van der Waals surface area contributed by atoms with Crippen molar-refractivity contribution in [3.63, 3.8) is 0 Å². The molecule has 0 bridgehead atoms. The van der Waals surface area contributed by atoms with Crippen molar-refractivity contribution in [2.45, 2.75) is 6.10 Å². The average molecular weight is 312 g/mol. The molecule has 1 aromatic heterocycles. The second kappa shape index (κ2) is 5.32. The predicted molar refractivity (Wildman–Crippen MR) is 66.0 cm³/mol. The van der Waals surface area contributed by atoms with E-state index in [2.05, 4.69) is 25.8 Å². The van der Waals surface area contributed by atoms with Gasteiger partial charge in [0.15, 0.2) is 0 Å². The van der Waals surface area contributed by atoms with Gasteiger partial charge in [0.1, 0.15) is 23.6 Å². The van der Waals surface area contributed by atoms with Crippen molar-refractivity contribution in [3.8, 4) is 0 Å². The van der Waals surface area contributed by atoms with Crippen molar-refractivity contribution in [3.05, 3.63) is 51.8 Å². The van der Waals surface area contributed by atoms with Gasteiger partial charge in [-0.1, -0.05) is 33.2 Å². The molecular formula is C12H10BrNO4. The fourth-order valence-corrected chi connectivity index (χ4v) is 1.77. The number of ether oxygens (including phenoxy) is 1. The van der Waals surface area contributed by atoms with E-state index in [1.54, 1.807) is 24.3 Å². The predicted octanol–water partition coefficient (Wildman–Crippen LogP) is 2.31. The quantitative estimate of drug-likeness (QED) is 0.881. The van der Waals surface area contributed by atoms with Crippen molar-refractivity contribution in [1.82, 2.24) is 5.16 Å². The Bertz CT molecular complexity index is 549. The largest absolute Gasteiger partial charge is 0.465 e. The third-order valence-corrected chi connectivity index (χ3v) is 2.98. The SMILES string of the molecule is COC(=O)c1conc1[C@@H](O)c1ccc(Br)cc1. The number of benzene rings is 1. The number of methoxy groups -OCH3 is 1. The van der Waals surface area contributed by atoms with Crippen LogP contribution in [-0.2, 0) is 4.74 Å². The molecule has 0 aliphatic rings. The fraction of sp³-hybridized carbons (Fsp3) is 0.167. The Morgan fingerprint density at radius 1 is 1.44 bits per heavy atom. The summed E-state index contributed by atoms with van der Waals surface area (Å²) in [6.45, 7) is 0. The second-order valence-electron chi connectivity index (χ2n) is 3.56. The standard InChI is InChI=1S/C12H10BrNO4/c1-17-12(16)9-6-18-14-10(9)11(15)7-2-4-8(13)5-3-7/h2-6,11,15H,1H3/t11-/m0/s1. The molecule has 6 heteroatoms. The minimum atomic E-state index is -1.04. The van der Waals surface area contributed by atoms with Gasteiger partial charge in [-0.05, 0) is 17.7 Å². The Morgan fingerprint density at radius 2 is 2.11 bits per heavy atom. The van der Waals surface area contributed by atoms with Crippen molar-refractivity contribution in [1.29, 1.82) is 0 Å². The molecule has 0 saturated carbocycles. The van der Waals surface area contributed by atoms with Crippen LogP contribution in [0, 0.1) is 0 Å². The topological polar surface area (TPSA) is 72.6 Å². The van der Waals surface area contributed by atoms with Crippen LogP contribution in [0.4, 0.5) is 0 Å². The molecule has 0 aliphatic carbocycles. The molecule has 1 N–H and O–H groups in total. The van der Waals surface area contributed by atoms with E-state index in [0.717, 1.165) is 10.7 Å². The smallest absolute Gasteiger partial charge is 0.343 e. The van der Waals surface area contributed by atoms with Crippen molar-refractivity contribution >= 4 is 21.9 Å². The summed E-state index contributed by atoms with van der Waals surface area (Å²) in [4.78, 5) is 11.4. The van der Waals surface area contributed by atoms with Crippen molar-refractivity contribution in [2.75, 3.05) is 7.11 Å². The molecule has 94 valence electrons. The lowest BCUT2D eigenvalue weighted by molar-refractivity contribution is 0.0595. The number of rotatable bonds is 3. The normalized spacial score (nSPS) is 12.2. The molecule has 0 unspecified atom stereocenters. The highest BCUT2D eigenvalue weighted by atomic mass is 79.9. The highest BCUT2D eigenvalue weighted by Crippen LogP contribution is 2.25. The lowest BCUT2D eigenvalue weighted by Crippen LogP contribution is -2.08. The molecule has 1 heterocycles. The lowest BCUT2D eigenvalue weighted by Gasteiger charge is -2.09. The number of hydrogen-bond acceptors (Lipinski definition) is 5. The van der Waals surface area contributed by atoms with Gasteiger partial charge in [0.25, 0.3) is 0 Å². The molecule has 0 saturated heterocycles. The van der Waals surface area contributed by atoms with Crippen molar-refractivity contribution in [2.24, 2.45) is 0 Å². The highest BCUT2D eigenvalue weighted by molar-refractivity contribution is 9.10.